The van der Waals surface area contributed by atoms with Crippen molar-refractivity contribution in [1.29, 1.82) is 0 Å². The number of hydrogen-bond acceptors (Lipinski definition) is 5. The monoisotopic (exact) mass is 332 g/mol. The molecule has 0 radical (unpaired) electrons. The summed E-state index contributed by atoms with van der Waals surface area (Å²) in [5, 5.41) is 0.987. The van der Waals surface area contributed by atoms with E-state index in [0.717, 1.165) is 21.9 Å². The molecule has 1 amide bonds. The largest absolute Gasteiger partial charge is 0.483 e. The number of ether oxygens (including phenoxy) is 1. The number of carbonyl (C=O) groups is 2. The molecule has 0 bridgehead atoms. The maximum absolute atomic E-state index is 12.3. The van der Waals surface area contributed by atoms with Crippen molar-refractivity contribution in [2.45, 2.75) is 26.8 Å². The quantitative estimate of drug-likeness (QED) is 0.762. The molecule has 0 fully saturated rings. The SMILES string of the molecule is Cc1nc(C)c(C(C)N(C)C(=O)COc2ccccc2C=O)s1. The van der Waals surface area contributed by atoms with Gasteiger partial charge in [0.05, 0.1) is 22.3 Å². The first-order valence-electron chi connectivity index (χ1n) is 7.30. The molecule has 0 saturated carbocycles. The average molecular weight is 332 g/mol. The molecule has 122 valence electrons. The van der Waals surface area contributed by atoms with Crippen molar-refractivity contribution in [3.63, 3.8) is 0 Å². The van der Waals surface area contributed by atoms with E-state index in [9.17, 15) is 9.59 Å². The van der Waals surface area contributed by atoms with Crippen LogP contribution in [0.5, 0.6) is 5.75 Å². The summed E-state index contributed by atoms with van der Waals surface area (Å²) in [5.41, 5.74) is 1.39. The first kappa shape index (κ1) is 17.1. The van der Waals surface area contributed by atoms with Crippen LogP contribution >= 0.6 is 11.3 Å². The number of aryl methyl sites for hydroxylation is 2. The molecule has 0 spiro atoms. The molecule has 23 heavy (non-hydrogen) atoms. The van der Waals surface area contributed by atoms with Crippen molar-refractivity contribution in [2.24, 2.45) is 0 Å². The van der Waals surface area contributed by atoms with Gasteiger partial charge in [-0.2, -0.15) is 0 Å². The Kier molecular flexibility index (Phi) is 5.50. The highest BCUT2D eigenvalue weighted by Crippen LogP contribution is 2.28. The van der Waals surface area contributed by atoms with Crippen LogP contribution in [0.3, 0.4) is 0 Å². The minimum Gasteiger partial charge on any atom is -0.483 e. The fraction of sp³-hybridized carbons (Fsp3) is 0.353. The van der Waals surface area contributed by atoms with Gasteiger partial charge in [0.25, 0.3) is 5.91 Å². The number of nitrogens with zero attached hydrogens (tertiary/aromatic N) is 2. The first-order chi connectivity index (χ1) is 10.9. The molecular weight excluding hydrogens is 312 g/mol. The predicted octanol–water partition coefficient (Wildman–Crippen LogP) is 3.17. The summed E-state index contributed by atoms with van der Waals surface area (Å²) in [6.07, 6.45) is 0.718. The summed E-state index contributed by atoms with van der Waals surface area (Å²) in [6, 6.07) is 6.78. The van der Waals surface area contributed by atoms with E-state index in [-0.39, 0.29) is 18.6 Å². The molecule has 1 aromatic carbocycles. The number of para-hydroxylation sites is 1. The number of hydrogen-bond donors (Lipinski definition) is 0. The van der Waals surface area contributed by atoms with E-state index in [1.807, 2.05) is 20.8 Å². The molecule has 2 aromatic rings. The number of thiazole rings is 1. The van der Waals surface area contributed by atoms with Crippen LogP contribution in [0.1, 0.15) is 38.9 Å². The highest BCUT2D eigenvalue weighted by molar-refractivity contribution is 7.11. The van der Waals surface area contributed by atoms with Crippen molar-refractivity contribution >= 4 is 23.5 Å². The Balaban J connectivity index is 2.02. The molecular formula is C17H20N2O3S. The van der Waals surface area contributed by atoms with Crippen molar-refractivity contribution in [3.8, 4) is 5.75 Å². The van der Waals surface area contributed by atoms with Crippen LogP contribution in [-0.4, -0.2) is 35.7 Å². The Bertz CT molecular complexity index is 712. The van der Waals surface area contributed by atoms with Gasteiger partial charge in [-0.1, -0.05) is 12.1 Å². The van der Waals surface area contributed by atoms with Crippen molar-refractivity contribution < 1.29 is 14.3 Å². The number of aldehydes is 1. The van der Waals surface area contributed by atoms with Crippen LogP contribution < -0.4 is 4.74 Å². The van der Waals surface area contributed by atoms with Gasteiger partial charge in [-0.25, -0.2) is 4.98 Å². The molecule has 1 atom stereocenters. The molecule has 5 nitrogen and oxygen atoms in total. The lowest BCUT2D eigenvalue weighted by molar-refractivity contribution is -0.133. The maximum atomic E-state index is 12.3. The topological polar surface area (TPSA) is 59.5 Å². The van der Waals surface area contributed by atoms with Gasteiger partial charge in [-0.05, 0) is 32.9 Å². The molecule has 6 heteroatoms. The average Bonchev–Trinajstić information content (AvgIpc) is 2.89. The molecule has 2 rings (SSSR count). The summed E-state index contributed by atoms with van der Waals surface area (Å²) >= 11 is 1.60. The maximum Gasteiger partial charge on any atom is 0.260 e. The second-order valence-electron chi connectivity index (χ2n) is 5.31. The molecule has 0 aliphatic heterocycles. The van der Waals surface area contributed by atoms with Crippen LogP contribution in [0.2, 0.25) is 0 Å². The van der Waals surface area contributed by atoms with E-state index in [0.29, 0.717) is 11.3 Å². The minimum absolute atomic E-state index is 0.0707. The van der Waals surface area contributed by atoms with E-state index in [2.05, 4.69) is 4.98 Å². The lowest BCUT2D eigenvalue weighted by atomic mass is 10.2. The van der Waals surface area contributed by atoms with Gasteiger partial charge in [0.15, 0.2) is 12.9 Å². The van der Waals surface area contributed by atoms with E-state index in [1.165, 1.54) is 0 Å². The van der Waals surface area contributed by atoms with E-state index in [1.54, 1.807) is 47.5 Å². The second kappa shape index (κ2) is 7.37. The van der Waals surface area contributed by atoms with Crippen LogP contribution in [0, 0.1) is 13.8 Å². The summed E-state index contributed by atoms with van der Waals surface area (Å²) in [6.45, 7) is 5.76. The molecule has 1 aromatic heterocycles. The van der Waals surface area contributed by atoms with Gasteiger partial charge < -0.3 is 9.64 Å². The Morgan fingerprint density at radius 3 is 2.70 bits per heavy atom. The van der Waals surface area contributed by atoms with Gasteiger partial charge in [0.1, 0.15) is 5.75 Å². The van der Waals surface area contributed by atoms with Crippen molar-refractivity contribution in [3.05, 3.63) is 45.4 Å². The van der Waals surface area contributed by atoms with Crippen LogP contribution in [0.25, 0.3) is 0 Å². The molecule has 0 aliphatic rings. The predicted molar refractivity (Wildman–Crippen MR) is 90.1 cm³/mol. The minimum atomic E-state index is -0.149. The zero-order valence-corrected chi connectivity index (χ0v) is 14.5. The number of rotatable bonds is 6. The van der Waals surface area contributed by atoms with Crippen molar-refractivity contribution in [2.75, 3.05) is 13.7 Å². The Morgan fingerprint density at radius 1 is 1.39 bits per heavy atom. The van der Waals surface area contributed by atoms with Gasteiger partial charge in [-0.3, -0.25) is 9.59 Å². The molecule has 1 unspecified atom stereocenters. The zero-order valence-electron chi connectivity index (χ0n) is 13.7. The Labute approximate surface area is 139 Å². The number of likely N-dealkylation sites (N-methyl/N-ethyl adjacent to an activating group) is 1. The van der Waals surface area contributed by atoms with Gasteiger partial charge in [0.2, 0.25) is 0 Å². The number of aromatic nitrogens is 1. The van der Waals surface area contributed by atoms with Crippen LogP contribution in [-0.2, 0) is 4.79 Å². The lowest BCUT2D eigenvalue weighted by Gasteiger charge is -2.24. The van der Waals surface area contributed by atoms with Gasteiger partial charge in [0, 0.05) is 11.9 Å². The first-order valence-corrected chi connectivity index (χ1v) is 8.12. The molecule has 0 saturated heterocycles. The smallest absolute Gasteiger partial charge is 0.260 e. The van der Waals surface area contributed by atoms with Gasteiger partial charge >= 0.3 is 0 Å². The van der Waals surface area contributed by atoms with E-state index < -0.39 is 0 Å². The number of carbonyl (C=O) groups excluding carboxylic acids is 2. The number of benzene rings is 1. The summed E-state index contributed by atoms with van der Waals surface area (Å²) < 4.78 is 5.50. The fourth-order valence-corrected chi connectivity index (χ4v) is 3.30. The van der Waals surface area contributed by atoms with Crippen molar-refractivity contribution in [1.82, 2.24) is 9.88 Å². The van der Waals surface area contributed by atoms with E-state index >= 15 is 0 Å². The molecule has 1 heterocycles. The third-order valence-corrected chi connectivity index (χ3v) is 4.93. The lowest BCUT2D eigenvalue weighted by Crippen LogP contribution is -2.33. The Hall–Kier alpha value is -2.21. The fourth-order valence-electron chi connectivity index (χ4n) is 2.28. The summed E-state index contributed by atoms with van der Waals surface area (Å²) in [5.74, 6) is 0.269. The van der Waals surface area contributed by atoms with E-state index in [4.69, 9.17) is 4.74 Å². The number of amides is 1. The van der Waals surface area contributed by atoms with Crippen LogP contribution in [0.4, 0.5) is 0 Å². The third-order valence-electron chi connectivity index (χ3n) is 3.69. The summed E-state index contributed by atoms with van der Waals surface area (Å²) in [4.78, 5) is 30.4. The van der Waals surface area contributed by atoms with Crippen LogP contribution in [0.15, 0.2) is 24.3 Å². The third kappa shape index (κ3) is 3.96. The zero-order chi connectivity index (χ0) is 17.0. The highest BCUT2D eigenvalue weighted by atomic mass is 32.1. The normalized spacial score (nSPS) is 11.8. The molecule has 0 N–H and O–H groups in total. The summed E-state index contributed by atoms with van der Waals surface area (Å²) in [7, 11) is 1.75. The standard InChI is InChI=1S/C17H20N2O3S/c1-11-17(23-13(3)18-11)12(2)19(4)16(21)10-22-15-8-6-5-7-14(15)9-20/h5-9,12H,10H2,1-4H3. The second-order valence-corrected chi connectivity index (χ2v) is 6.54. The highest BCUT2D eigenvalue weighted by Gasteiger charge is 2.22. The Morgan fingerprint density at radius 2 is 2.09 bits per heavy atom. The van der Waals surface area contributed by atoms with Gasteiger partial charge in [-0.15, -0.1) is 11.3 Å². The molecule has 0 aliphatic carbocycles.